The van der Waals surface area contributed by atoms with E-state index < -0.39 is 60.1 Å². The molecule has 1 heterocycles. The van der Waals surface area contributed by atoms with Gasteiger partial charge in [0.2, 0.25) is 0 Å². The van der Waals surface area contributed by atoms with Crippen molar-refractivity contribution < 1.29 is 79.0 Å². The summed E-state index contributed by atoms with van der Waals surface area (Å²) in [6.07, 6.45) is -9.34. The van der Waals surface area contributed by atoms with Crippen molar-refractivity contribution in [3.8, 4) is 0 Å². The van der Waals surface area contributed by atoms with Crippen LogP contribution in [0.15, 0.2) is 0 Å². The molecule has 0 saturated carbocycles. The van der Waals surface area contributed by atoms with Crippen LogP contribution in [0.4, 0.5) is 0 Å². The van der Waals surface area contributed by atoms with Crippen molar-refractivity contribution >= 4 is 5.97 Å². The minimum atomic E-state index is -2.06. The molecule has 0 spiro atoms. The summed E-state index contributed by atoms with van der Waals surface area (Å²) in [6.45, 7) is -1.47. The van der Waals surface area contributed by atoms with Crippen molar-refractivity contribution in [3.63, 3.8) is 0 Å². The number of hydrogen-bond acceptors (Lipinski definition) is 12. The molecule has 0 aromatic rings. The second-order valence-corrected chi connectivity index (χ2v) is 4.03. The summed E-state index contributed by atoms with van der Waals surface area (Å²) >= 11 is 0. The Labute approximate surface area is 149 Å². The molecule has 0 aromatic heterocycles. The van der Waals surface area contributed by atoms with Crippen molar-refractivity contribution in [1.82, 2.24) is 0 Å². The van der Waals surface area contributed by atoms with E-state index >= 15 is 0 Å². The molecule has 126 valence electrons. The van der Waals surface area contributed by atoms with Crippen LogP contribution in [0.1, 0.15) is 0 Å². The third-order valence-corrected chi connectivity index (χ3v) is 2.55. The Bertz CT molecular complexity index is 435. The molecule has 1 aliphatic heterocycles. The summed E-state index contributed by atoms with van der Waals surface area (Å²) in [6, 6.07) is 0. The molecular formula is C8H11N2NaO12. The maximum Gasteiger partial charge on any atom is 1.00 e. The number of carbonyl (C=O) groups is 1. The van der Waals surface area contributed by atoms with Crippen LogP contribution in [0.5, 0.6) is 0 Å². The minimum absolute atomic E-state index is 0. The maximum absolute atomic E-state index is 10.4. The number of ether oxygens (including phenoxy) is 2. The van der Waals surface area contributed by atoms with Gasteiger partial charge < -0.3 is 39.3 Å². The van der Waals surface area contributed by atoms with E-state index in [0.717, 1.165) is 0 Å². The Morgan fingerprint density at radius 2 is 1.65 bits per heavy atom. The molecule has 0 unspecified atom stereocenters. The Morgan fingerprint density at radius 1 is 1.13 bits per heavy atom. The van der Waals surface area contributed by atoms with Crippen LogP contribution in [-0.2, 0) is 23.9 Å². The minimum Gasteiger partial charge on any atom is -0.548 e. The van der Waals surface area contributed by atoms with Crippen molar-refractivity contribution in [1.29, 1.82) is 0 Å². The second kappa shape index (κ2) is 9.76. The van der Waals surface area contributed by atoms with Crippen molar-refractivity contribution in [2.75, 3.05) is 13.2 Å². The Balaban J connectivity index is 0.00000484. The molecule has 23 heavy (non-hydrogen) atoms. The molecule has 1 rings (SSSR count). The first kappa shape index (κ1) is 21.7. The Kier molecular flexibility index (Phi) is 9.21. The zero-order valence-electron chi connectivity index (χ0n) is 11.7. The Morgan fingerprint density at radius 3 is 2.13 bits per heavy atom. The first-order chi connectivity index (χ1) is 10.2. The van der Waals surface area contributed by atoms with Gasteiger partial charge in [-0.3, -0.25) is 0 Å². The summed E-state index contributed by atoms with van der Waals surface area (Å²) in [4.78, 5) is 38.9. The number of hydrogen-bond donors (Lipinski definition) is 2. The topological polar surface area (TPSA) is 204 Å². The molecule has 0 aromatic carbocycles. The smallest absolute Gasteiger partial charge is 0.548 e. The van der Waals surface area contributed by atoms with Crippen LogP contribution < -0.4 is 34.7 Å². The van der Waals surface area contributed by atoms with Gasteiger partial charge in [-0.1, -0.05) is 0 Å². The van der Waals surface area contributed by atoms with Gasteiger partial charge >= 0.3 is 29.6 Å². The summed E-state index contributed by atoms with van der Waals surface area (Å²) in [5, 5.41) is 47.5. The number of carbonyl (C=O) groups excluding carboxylic acids is 1. The molecule has 0 bridgehead atoms. The maximum atomic E-state index is 10.4. The van der Waals surface area contributed by atoms with Gasteiger partial charge in [-0.2, -0.15) is 0 Å². The predicted molar refractivity (Wildman–Crippen MR) is 56.4 cm³/mol. The molecule has 1 fully saturated rings. The van der Waals surface area contributed by atoms with Crippen molar-refractivity contribution in [2.45, 2.75) is 30.7 Å². The molecule has 14 nitrogen and oxygen atoms in total. The Hall–Kier alpha value is -1.29. The molecular weight excluding hydrogens is 339 g/mol. The summed E-state index contributed by atoms with van der Waals surface area (Å²) < 4.78 is 9.31. The molecule has 0 amide bonds. The summed E-state index contributed by atoms with van der Waals surface area (Å²) in [5.41, 5.74) is 0. The SMILES string of the molecule is O=C([O-])COC[C@H]1O[C@@H](O)[C@H](O[N+](=O)[O-])[C@@H](O[N+](=O)[O-])[C@@H]1O.[Na+]. The molecule has 15 heteroatoms. The van der Waals surface area contributed by atoms with E-state index in [-0.39, 0.29) is 29.6 Å². The number of rotatable bonds is 8. The normalized spacial score (nSPS) is 29.9. The number of carboxylic acid groups (broad SMARTS) is 1. The number of carboxylic acids is 1. The molecule has 0 aliphatic carbocycles. The zero-order chi connectivity index (χ0) is 16.9. The third kappa shape index (κ3) is 6.78. The summed E-state index contributed by atoms with van der Waals surface area (Å²) in [7, 11) is 0. The van der Waals surface area contributed by atoms with Crippen molar-refractivity contribution in [2.24, 2.45) is 0 Å². The van der Waals surface area contributed by atoms with E-state index in [9.17, 15) is 40.3 Å². The molecule has 2 N–H and O–H groups in total. The average molecular weight is 350 g/mol. The van der Waals surface area contributed by atoms with E-state index in [1.807, 2.05) is 0 Å². The number of nitrogens with zero attached hydrogens (tertiary/aromatic N) is 2. The predicted octanol–water partition coefficient (Wildman–Crippen LogP) is -7.01. The first-order valence-electron chi connectivity index (χ1n) is 5.64. The fourth-order valence-corrected chi connectivity index (χ4v) is 1.73. The number of aliphatic hydroxyl groups is 2. The van der Waals surface area contributed by atoms with E-state index in [4.69, 9.17) is 4.74 Å². The van der Waals surface area contributed by atoms with Gasteiger partial charge in [-0.25, -0.2) is 0 Å². The second-order valence-electron chi connectivity index (χ2n) is 4.03. The summed E-state index contributed by atoms with van der Waals surface area (Å²) in [5.74, 6) is -1.57. The van der Waals surface area contributed by atoms with E-state index in [2.05, 4.69) is 14.4 Å². The van der Waals surface area contributed by atoms with Crippen LogP contribution in [-0.4, -0.2) is 70.3 Å². The van der Waals surface area contributed by atoms with Crippen LogP contribution in [0.25, 0.3) is 0 Å². The largest absolute Gasteiger partial charge is 1.00 e. The van der Waals surface area contributed by atoms with Crippen LogP contribution >= 0.6 is 0 Å². The van der Waals surface area contributed by atoms with Gasteiger partial charge in [0.25, 0.3) is 10.2 Å². The molecule has 1 saturated heterocycles. The van der Waals surface area contributed by atoms with Gasteiger partial charge in [0.05, 0.1) is 19.2 Å². The average Bonchev–Trinajstić information content (AvgIpc) is 2.38. The van der Waals surface area contributed by atoms with E-state index in [1.54, 1.807) is 0 Å². The monoisotopic (exact) mass is 350 g/mol. The fourth-order valence-electron chi connectivity index (χ4n) is 1.73. The molecule has 5 atom stereocenters. The number of aliphatic carboxylic acids is 1. The first-order valence-corrected chi connectivity index (χ1v) is 5.64. The van der Waals surface area contributed by atoms with Gasteiger partial charge in [0.15, 0.2) is 18.5 Å². The quantitative estimate of drug-likeness (QED) is 0.238. The van der Waals surface area contributed by atoms with Gasteiger partial charge in [0, 0.05) is 0 Å². The van der Waals surface area contributed by atoms with Gasteiger partial charge in [-0.05, 0) is 0 Å². The standard InChI is InChI=1S/C8H12N2O12.Na/c11-4(12)2-19-1-3-5(13)6(21-9(15)16)7(8(14)20-3)22-10(17)18;/h3,5-8,13-14H,1-2H2,(H,11,12);/q;+1/p-1/t3-,5-,6+,7-,8-;/m1./s1. The van der Waals surface area contributed by atoms with Gasteiger partial charge in [-0.15, -0.1) is 20.2 Å². The van der Waals surface area contributed by atoms with Crippen LogP contribution in [0.3, 0.4) is 0 Å². The molecule has 1 aliphatic rings. The van der Waals surface area contributed by atoms with Crippen LogP contribution in [0, 0.1) is 20.2 Å². The zero-order valence-corrected chi connectivity index (χ0v) is 13.7. The van der Waals surface area contributed by atoms with E-state index in [1.165, 1.54) is 0 Å². The number of aliphatic hydroxyl groups excluding tert-OH is 2. The molecule has 0 radical (unpaired) electrons. The third-order valence-electron chi connectivity index (χ3n) is 2.55. The van der Waals surface area contributed by atoms with E-state index in [0.29, 0.717) is 0 Å². The van der Waals surface area contributed by atoms with Gasteiger partial charge in [0.1, 0.15) is 12.2 Å². The van der Waals surface area contributed by atoms with Crippen LogP contribution in [0.2, 0.25) is 0 Å². The van der Waals surface area contributed by atoms with Crippen molar-refractivity contribution in [3.05, 3.63) is 20.2 Å². The fraction of sp³-hybridized carbons (Fsp3) is 0.875.